The van der Waals surface area contributed by atoms with Gasteiger partial charge in [0.2, 0.25) is 0 Å². The van der Waals surface area contributed by atoms with Gasteiger partial charge in [0.1, 0.15) is 6.67 Å². The molecule has 1 heterocycles. The van der Waals surface area contributed by atoms with Crippen LogP contribution in [0.15, 0.2) is 29.6 Å². The van der Waals surface area contributed by atoms with Gasteiger partial charge in [-0.05, 0) is 41.9 Å². The van der Waals surface area contributed by atoms with Crippen LogP contribution in [-0.2, 0) is 6.42 Å². The van der Waals surface area contributed by atoms with Gasteiger partial charge < -0.3 is 5.32 Å². The molecule has 1 aromatic carbocycles. The monoisotopic (exact) mass is 223 g/mol. The number of nitrogens with one attached hydrogen (secondary N) is 1. The molecule has 80 valence electrons. The van der Waals surface area contributed by atoms with Crippen molar-refractivity contribution >= 4 is 21.4 Å². The molecule has 2 rings (SSSR count). The second kappa shape index (κ2) is 4.73. The molecule has 0 spiro atoms. The maximum absolute atomic E-state index is 12.5. The summed E-state index contributed by atoms with van der Waals surface area (Å²) < 4.78 is 13.8. The third-order valence-electron chi connectivity index (χ3n) is 2.59. The van der Waals surface area contributed by atoms with Crippen LogP contribution in [0.3, 0.4) is 0 Å². The Bertz CT molecular complexity index is 434. The van der Waals surface area contributed by atoms with Crippen LogP contribution in [0, 0.1) is 0 Å². The summed E-state index contributed by atoms with van der Waals surface area (Å²) in [6.45, 7) is -0.321. The number of likely N-dealkylation sites (N-methyl/N-ethyl adjacent to an activating group) is 1. The SMILES string of the molecule is CNC(CF)Cc1ccc2sccc2c1. The lowest BCUT2D eigenvalue weighted by Gasteiger charge is -2.11. The zero-order chi connectivity index (χ0) is 10.7. The fourth-order valence-electron chi connectivity index (χ4n) is 1.66. The molecule has 0 amide bonds. The molecule has 1 aromatic heterocycles. The second-order valence-corrected chi connectivity index (χ2v) is 4.58. The van der Waals surface area contributed by atoms with Crippen LogP contribution in [0.4, 0.5) is 4.39 Å². The molecular formula is C12H14FNS. The summed E-state index contributed by atoms with van der Waals surface area (Å²) in [5.74, 6) is 0. The fraction of sp³-hybridized carbons (Fsp3) is 0.333. The van der Waals surface area contributed by atoms with Crippen LogP contribution >= 0.6 is 11.3 Å². The first-order valence-electron chi connectivity index (χ1n) is 5.03. The van der Waals surface area contributed by atoms with E-state index in [1.807, 2.05) is 0 Å². The van der Waals surface area contributed by atoms with Gasteiger partial charge in [-0.1, -0.05) is 12.1 Å². The highest BCUT2D eigenvalue weighted by atomic mass is 32.1. The first kappa shape index (κ1) is 10.6. The lowest BCUT2D eigenvalue weighted by molar-refractivity contribution is 0.389. The average molecular weight is 223 g/mol. The Kier molecular flexibility index (Phi) is 3.34. The Morgan fingerprint density at radius 3 is 3.00 bits per heavy atom. The zero-order valence-electron chi connectivity index (χ0n) is 8.66. The standard InChI is InChI=1S/C12H14FNS/c1-14-11(8-13)7-9-2-3-12-10(6-9)4-5-15-12/h2-6,11,14H,7-8H2,1H3. The van der Waals surface area contributed by atoms with E-state index in [2.05, 4.69) is 35.0 Å². The largest absolute Gasteiger partial charge is 0.314 e. The van der Waals surface area contributed by atoms with Gasteiger partial charge in [0.05, 0.1) is 0 Å². The van der Waals surface area contributed by atoms with Crippen LogP contribution in [0.1, 0.15) is 5.56 Å². The first-order valence-corrected chi connectivity index (χ1v) is 5.91. The maximum atomic E-state index is 12.5. The van der Waals surface area contributed by atoms with Crippen LogP contribution in [0.5, 0.6) is 0 Å². The normalized spacial score (nSPS) is 13.2. The van der Waals surface area contributed by atoms with Crippen LogP contribution in [0.25, 0.3) is 10.1 Å². The Hall–Kier alpha value is -0.930. The first-order chi connectivity index (χ1) is 7.33. The smallest absolute Gasteiger partial charge is 0.105 e. The maximum Gasteiger partial charge on any atom is 0.105 e. The van der Waals surface area contributed by atoms with Crippen LogP contribution < -0.4 is 5.32 Å². The molecule has 0 saturated carbocycles. The van der Waals surface area contributed by atoms with E-state index in [-0.39, 0.29) is 12.7 Å². The van der Waals surface area contributed by atoms with Crippen molar-refractivity contribution in [2.45, 2.75) is 12.5 Å². The van der Waals surface area contributed by atoms with Crippen LogP contribution in [0.2, 0.25) is 0 Å². The molecule has 0 saturated heterocycles. The van der Waals surface area contributed by atoms with Gasteiger partial charge in [0.25, 0.3) is 0 Å². The van der Waals surface area contributed by atoms with E-state index in [1.54, 1.807) is 18.4 Å². The predicted octanol–water partition coefficient (Wildman–Crippen LogP) is 3.00. The van der Waals surface area contributed by atoms with Gasteiger partial charge in [-0.15, -0.1) is 11.3 Å². The third-order valence-corrected chi connectivity index (χ3v) is 3.49. The Morgan fingerprint density at radius 1 is 1.40 bits per heavy atom. The lowest BCUT2D eigenvalue weighted by Crippen LogP contribution is -2.29. The summed E-state index contributed by atoms with van der Waals surface area (Å²) in [7, 11) is 1.80. The zero-order valence-corrected chi connectivity index (χ0v) is 9.48. The molecule has 0 aliphatic carbocycles. The Morgan fingerprint density at radius 2 is 2.27 bits per heavy atom. The fourth-order valence-corrected chi connectivity index (χ4v) is 2.43. The molecule has 2 aromatic rings. The second-order valence-electron chi connectivity index (χ2n) is 3.64. The molecule has 0 radical (unpaired) electrons. The minimum absolute atomic E-state index is 0.0684. The minimum atomic E-state index is -0.321. The summed E-state index contributed by atoms with van der Waals surface area (Å²) in [5, 5.41) is 6.31. The van der Waals surface area contributed by atoms with Gasteiger partial charge in [0, 0.05) is 10.7 Å². The molecule has 15 heavy (non-hydrogen) atoms. The lowest BCUT2D eigenvalue weighted by atomic mass is 10.1. The Balaban J connectivity index is 2.20. The molecule has 1 unspecified atom stereocenters. The molecular weight excluding hydrogens is 209 g/mol. The highest BCUT2D eigenvalue weighted by molar-refractivity contribution is 7.17. The topological polar surface area (TPSA) is 12.0 Å². The van der Waals surface area contributed by atoms with Gasteiger partial charge >= 0.3 is 0 Å². The molecule has 0 aliphatic heterocycles. The van der Waals surface area contributed by atoms with E-state index in [4.69, 9.17) is 0 Å². The van der Waals surface area contributed by atoms with E-state index >= 15 is 0 Å². The van der Waals surface area contributed by atoms with Gasteiger partial charge in [0.15, 0.2) is 0 Å². The number of hydrogen-bond acceptors (Lipinski definition) is 2. The van der Waals surface area contributed by atoms with Crippen LogP contribution in [-0.4, -0.2) is 19.8 Å². The summed E-state index contributed by atoms with van der Waals surface area (Å²) in [4.78, 5) is 0. The van der Waals surface area contributed by atoms with Gasteiger partial charge in [-0.3, -0.25) is 0 Å². The van der Waals surface area contributed by atoms with E-state index in [9.17, 15) is 4.39 Å². The van der Waals surface area contributed by atoms with E-state index in [0.29, 0.717) is 0 Å². The minimum Gasteiger partial charge on any atom is -0.314 e. The summed E-state index contributed by atoms with van der Waals surface area (Å²) in [5.41, 5.74) is 1.19. The number of alkyl halides is 1. The summed E-state index contributed by atoms with van der Waals surface area (Å²) >= 11 is 1.74. The van der Waals surface area contributed by atoms with E-state index in [0.717, 1.165) is 6.42 Å². The van der Waals surface area contributed by atoms with E-state index < -0.39 is 0 Å². The van der Waals surface area contributed by atoms with Crippen molar-refractivity contribution in [2.24, 2.45) is 0 Å². The van der Waals surface area contributed by atoms with Crippen molar-refractivity contribution in [2.75, 3.05) is 13.7 Å². The Labute approximate surface area is 92.9 Å². The summed E-state index contributed by atoms with van der Waals surface area (Å²) in [6, 6.07) is 8.37. The molecule has 0 bridgehead atoms. The molecule has 1 atom stereocenters. The molecule has 1 N–H and O–H groups in total. The van der Waals surface area contributed by atoms with Crippen molar-refractivity contribution in [3.63, 3.8) is 0 Å². The number of rotatable bonds is 4. The number of benzene rings is 1. The third kappa shape index (κ3) is 2.36. The van der Waals surface area contributed by atoms with Crippen molar-refractivity contribution in [1.82, 2.24) is 5.32 Å². The molecule has 3 heteroatoms. The quantitative estimate of drug-likeness (QED) is 0.840. The number of halogens is 1. The van der Waals surface area contributed by atoms with Crippen molar-refractivity contribution in [3.05, 3.63) is 35.2 Å². The molecule has 0 aliphatic rings. The highest BCUT2D eigenvalue weighted by Gasteiger charge is 2.06. The van der Waals surface area contributed by atoms with Crippen molar-refractivity contribution < 1.29 is 4.39 Å². The summed E-state index contributed by atoms with van der Waals surface area (Å²) in [6.07, 6.45) is 0.749. The number of thiophene rings is 1. The predicted molar refractivity (Wildman–Crippen MR) is 64.4 cm³/mol. The van der Waals surface area contributed by atoms with Crippen molar-refractivity contribution in [1.29, 1.82) is 0 Å². The number of fused-ring (bicyclic) bond motifs is 1. The average Bonchev–Trinajstić information content (AvgIpc) is 2.73. The van der Waals surface area contributed by atoms with Gasteiger partial charge in [-0.2, -0.15) is 0 Å². The molecule has 0 fully saturated rings. The van der Waals surface area contributed by atoms with E-state index in [1.165, 1.54) is 15.6 Å². The molecule has 1 nitrogen and oxygen atoms in total. The van der Waals surface area contributed by atoms with Gasteiger partial charge in [-0.25, -0.2) is 4.39 Å². The number of hydrogen-bond donors (Lipinski definition) is 1. The van der Waals surface area contributed by atoms with Crippen molar-refractivity contribution in [3.8, 4) is 0 Å². The highest BCUT2D eigenvalue weighted by Crippen LogP contribution is 2.22.